The number of benzene rings is 2. The molecule has 29 heavy (non-hydrogen) atoms. The molecular formula is C22H22N2O5. The van der Waals surface area contributed by atoms with Crippen LogP contribution in [-0.2, 0) is 22.5 Å². The number of esters is 1. The van der Waals surface area contributed by atoms with E-state index in [2.05, 4.69) is 5.32 Å². The van der Waals surface area contributed by atoms with Crippen LogP contribution in [0.4, 0.5) is 4.79 Å². The SMILES string of the molecule is CCc1ccc(C(=O)C(C)OC(=O)c2ccc(CN3C(=O)CNC3=O)cc2)cc1. The van der Waals surface area contributed by atoms with Gasteiger partial charge in [0.05, 0.1) is 18.7 Å². The molecule has 3 amide bonds. The molecule has 0 spiro atoms. The number of aryl methyl sites for hydroxylation is 1. The van der Waals surface area contributed by atoms with Crippen LogP contribution < -0.4 is 5.32 Å². The van der Waals surface area contributed by atoms with Crippen LogP contribution >= 0.6 is 0 Å². The van der Waals surface area contributed by atoms with Crippen LogP contribution in [0.1, 0.15) is 45.7 Å². The minimum absolute atomic E-state index is 0.00364. The Bertz CT molecular complexity index is 919. The van der Waals surface area contributed by atoms with Crippen LogP contribution in [0.15, 0.2) is 48.5 Å². The Hall–Kier alpha value is -3.48. The third kappa shape index (κ3) is 4.68. The van der Waals surface area contributed by atoms with Gasteiger partial charge in [-0.05, 0) is 36.6 Å². The molecule has 0 aromatic heterocycles. The molecule has 1 saturated heterocycles. The number of urea groups is 1. The summed E-state index contributed by atoms with van der Waals surface area (Å²) in [6.45, 7) is 3.70. The number of ether oxygens (including phenoxy) is 1. The lowest BCUT2D eigenvalue weighted by molar-refractivity contribution is -0.125. The summed E-state index contributed by atoms with van der Waals surface area (Å²) >= 11 is 0. The van der Waals surface area contributed by atoms with Gasteiger partial charge in [-0.25, -0.2) is 9.59 Å². The van der Waals surface area contributed by atoms with Crippen molar-refractivity contribution in [2.24, 2.45) is 0 Å². The number of rotatable bonds is 7. The van der Waals surface area contributed by atoms with Crippen molar-refractivity contribution >= 4 is 23.7 Å². The standard InChI is InChI=1S/C22H22N2O5/c1-3-15-4-8-17(9-5-15)20(26)14(2)29-21(27)18-10-6-16(7-11-18)13-24-19(25)12-23-22(24)28/h4-11,14H,3,12-13H2,1-2H3,(H,23,28). The molecule has 0 radical (unpaired) electrons. The summed E-state index contributed by atoms with van der Waals surface area (Å²) in [5, 5.41) is 2.45. The van der Waals surface area contributed by atoms with Crippen LogP contribution in [0.25, 0.3) is 0 Å². The molecule has 7 nitrogen and oxygen atoms in total. The van der Waals surface area contributed by atoms with Gasteiger partial charge in [-0.3, -0.25) is 14.5 Å². The lowest BCUT2D eigenvalue weighted by atomic mass is 10.0. The molecule has 0 aliphatic carbocycles. The quantitative estimate of drug-likeness (QED) is 0.443. The fourth-order valence-corrected chi connectivity index (χ4v) is 2.97. The van der Waals surface area contributed by atoms with E-state index in [-0.39, 0.29) is 30.3 Å². The highest BCUT2D eigenvalue weighted by molar-refractivity contribution is 6.02. The van der Waals surface area contributed by atoms with Crippen LogP contribution in [0.3, 0.4) is 0 Å². The van der Waals surface area contributed by atoms with Crippen LogP contribution in [0.5, 0.6) is 0 Å². The Kier molecular flexibility index (Phi) is 6.07. The van der Waals surface area contributed by atoms with Crippen molar-refractivity contribution in [2.45, 2.75) is 32.9 Å². The molecule has 150 valence electrons. The van der Waals surface area contributed by atoms with Gasteiger partial charge in [0.15, 0.2) is 6.10 Å². The maximum absolute atomic E-state index is 12.5. The number of Topliss-reactive ketones (excluding diaryl/α,β-unsaturated/α-hetero) is 1. The minimum atomic E-state index is -0.916. The summed E-state index contributed by atoms with van der Waals surface area (Å²) in [4.78, 5) is 49.2. The number of carbonyl (C=O) groups excluding carboxylic acids is 4. The highest BCUT2D eigenvalue weighted by atomic mass is 16.5. The van der Waals surface area contributed by atoms with E-state index in [9.17, 15) is 19.2 Å². The van der Waals surface area contributed by atoms with Crippen molar-refractivity contribution in [2.75, 3.05) is 6.54 Å². The molecule has 0 saturated carbocycles. The Balaban J connectivity index is 1.60. The normalized spacial score (nSPS) is 14.5. The summed E-state index contributed by atoms with van der Waals surface area (Å²) in [5.41, 5.74) is 2.60. The third-order valence-electron chi connectivity index (χ3n) is 4.77. The van der Waals surface area contributed by atoms with E-state index in [4.69, 9.17) is 4.74 Å². The van der Waals surface area contributed by atoms with Crippen LogP contribution in [0, 0.1) is 0 Å². The van der Waals surface area contributed by atoms with Crippen LogP contribution in [-0.4, -0.2) is 41.2 Å². The number of nitrogens with one attached hydrogen (secondary N) is 1. The summed E-state index contributed by atoms with van der Waals surface area (Å²) in [5.74, 6) is -1.17. The maximum Gasteiger partial charge on any atom is 0.338 e. The van der Waals surface area contributed by atoms with E-state index in [1.54, 1.807) is 43.3 Å². The van der Waals surface area contributed by atoms with E-state index < -0.39 is 18.1 Å². The highest BCUT2D eigenvalue weighted by Gasteiger charge is 2.28. The molecule has 1 atom stereocenters. The zero-order valence-electron chi connectivity index (χ0n) is 16.3. The summed E-state index contributed by atoms with van der Waals surface area (Å²) in [7, 11) is 0. The van der Waals surface area contributed by atoms with Crippen molar-refractivity contribution in [1.82, 2.24) is 10.2 Å². The number of ketones is 1. The Morgan fingerprint density at radius 2 is 1.59 bits per heavy atom. The van der Waals surface area contributed by atoms with E-state index in [0.717, 1.165) is 16.9 Å². The van der Waals surface area contributed by atoms with Gasteiger partial charge in [0.2, 0.25) is 11.7 Å². The topological polar surface area (TPSA) is 92.8 Å². The van der Waals surface area contributed by atoms with Crippen molar-refractivity contribution in [3.05, 3.63) is 70.8 Å². The first kappa shape index (κ1) is 20.3. The zero-order valence-corrected chi connectivity index (χ0v) is 16.3. The van der Waals surface area contributed by atoms with Gasteiger partial charge in [0.1, 0.15) is 0 Å². The van der Waals surface area contributed by atoms with E-state index >= 15 is 0 Å². The lowest BCUT2D eigenvalue weighted by Gasteiger charge is -2.14. The minimum Gasteiger partial charge on any atom is -0.451 e. The van der Waals surface area contributed by atoms with Gasteiger partial charge < -0.3 is 10.1 Å². The summed E-state index contributed by atoms with van der Waals surface area (Å²) < 4.78 is 5.30. The van der Waals surface area contributed by atoms with Gasteiger partial charge in [-0.15, -0.1) is 0 Å². The average Bonchev–Trinajstić information content (AvgIpc) is 3.05. The summed E-state index contributed by atoms with van der Waals surface area (Å²) in [6.07, 6.45) is -0.0356. The third-order valence-corrected chi connectivity index (χ3v) is 4.77. The molecule has 2 aromatic carbocycles. The smallest absolute Gasteiger partial charge is 0.338 e. The van der Waals surface area contributed by atoms with Gasteiger partial charge in [-0.1, -0.05) is 43.3 Å². The Morgan fingerprint density at radius 1 is 1.00 bits per heavy atom. The van der Waals surface area contributed by atoms with Crippen molar-refractivity contribution < 1.29 is 23.9 Å². The molecule has 1 aliphatic rings. The van der Waals surface area contributed by atoms with Crippen molar-refractivity contribution in [1.29, 1.82) is 0 Å². The number of hydrogen-bond donors (Lipinski definition) is 1. The molecule has 7 heteroatoms. The number of hydrogen-bond acceptors (Lipinski definition) is 5. The predicted molar refractivity (Wildman–Crippen MR) is 105 cm³/mol. The monoisotopic (exact) mass is 394 g/mol. The fourth-order valence-electron chi connectivity index (χ4n) is 2.97. The first-order chi connectivity index (χ1) is 13.9. The summed E-state index contributed by atoms with van der Waals surface area (Å²) in [6, 6.07) is 13.2. The molecule has 1 N–H and O–H groups in total. The van der Waals surface area contributed by atoms with E-state index in [1.165, 1.54) is 0 Å². The molecule has 3 rings (SSSR count). The first-order valence-electron chi connectivity index (χ1n) is 9.40. The molecule has 0 bridgehead atoms. The Morgan fingerprint density at radius 3 is 2.14 bits per heavy atom. The maximum atomic E-state index is 12.5. The van der Waals surface area contributed by atoms with Gasteiger partial charge in [-0.2, -0.15) is 0 Å². The predicted octanol–water partition coefficient (Wildman–Crippen LogP) is 2.73. The second kappa shape index (κ2) is 8.68. The largest absolute Gasteiger partial charge is 0.451 e. The van der Waals surface area contributed by atoms with Crippen molar-refractivity contribution in [3.8, 4) is 0 Å². The molecule has 2 aromatic rings. The molecule has 1 aliphatic heterocycles. The fraction of sp³-hybridized carbons (Fsp3) is 0.273. The number of amides is 3. The van der Waals surface area contributed by atoms with Gasteiger partial charge in [0.25, 0.3) is 0 Å². The molecular weight excluding hydrogens is 372 g/mol. The molecule has 1 unspecified atom stereocenters. The van der Waals surface area contributed by atoms with E-state index in [1.807, 2.05) is 19.1 Å². The Labute approximate surface area is 168 Å². The average molecular weight is 394 g/mol. The van der Waals surface area contributed by atoms with Crippen molar-refractivity contribution in [3.63, 3.8) is 0 Å². The van der Waals surface area contributed by atoms with E-state index in [0.29, 0.717) is 11.1 Å². The zero-order chi connectivity index (χ0) is 21.0. The van der Waals surface area contributed by atoms with Crippen LogP contribution in [0.2, 0.25) is 0 Å². The number of carbonyl (C=O) groups is 4. The first-order valence-corrected chi connectivity index (χ1v) is 9.40. The number of imide groups is 1. The highest BCUT2D eigenvalue weighted by Crippen LogP contribution is 2.14. The number of nitrogens with zero attached hydrogens (tertiary/aromatic N) is 1. The second-order valence-electron chi connectivity index (χ2n) is 6.80. The lowest BCUT2D eigenvalue weighted by Crippen LogP contribution is -2.30. The second-order valence-corrected chi connectivity index (χ2v) is 6.80. The van der Waals surface area contributed by atoms with Gasteiger partial charge >= 0.3 is 12.0 Å². The van der Waals surface area contributed by atoms with Gasteiger partial charge in [0, 0.05) is 5.56 Å². The molecule has 1 heterocycles. The molecule has 1 fully saturated rings.